The van der Waals surface area contributed by atoms with Gasteiger partial charge in [-0.25, -0.2) is 0 Å². The Morgan fingerprint density at radius 2 is 1.62 bits per heavy atom. The van der Waals surface area contributed by atoms with Gasteiger partial charge in [-0.1, -0.05) is 17.7 Å². The van der Waals surface area contributed by atoms with Crippen LogP contribution in [0.1, 0.15) is 11.1 Å². The molecule has 5 nitrogen and oxygen atoms in total. The Hall–Kier alpha value is -2.69. The van der Waals surface area contributed by atoms with Crippen LogP contribution in [0.2, 0.25) is 0 Å². The molecule has 0 heterocycles. The van der Waals surface area contributed by atoms with Crippen molar-refractivity contribution in [3.63, 3.8) is 0 Å². The summed E-state index contributed by atoms with van der Waals surface area (Å²) in [5, 5.41) is 14.0. The second kappa shape index (κ2) is 6.65. The Morgan fingerprint density at radius 1 is 1.05 bits per heavy atom. The van der Waals surface area contributed by atoms with E-state index in [1.807, 2.05) is 31.2 Å². The standard InChI is InChI=1S/C16H18N2O3/c1-11-4-6-13(7-5-11)18-17-10-12-8-14(20-2)16(19)15(9-12)21-3/h4-10,18-19H,1-3H3. The van der Waals surface area contributed by atoms with Gasteiger partial charge in [-0.3, -0.25) is 5.43 Å². The molecule has 0 spiro atoms. The predicted octanol–water partition coefficient (Wildman–Crippen LogP) is 3.16. The number of nitrogens with zero attached hydrogens (tertiary/aromatic N) is 1. The van der Waals surface area contributed by atoms with Gasteiger partial charge < -0.3 is 14.6 Å². The maximum atomic E-state index is 9.83. The summed E-state index contributed by atoms with van der Waals surface area (Å²) in [5.74, 6) is 0.654. The Kier molecular flexibility index (Phi) is 4.66. The highest BCUT2D eigenvalue weighted by atomic mass is 16.5. The van der Waals surface area contributed by atoms with Crippen molar-refractivity contribution in [1.29, 1.82) is 0 Å². The van der Waals surface area contributed by atoms with Gasteiger partial charge in [-0.2, -0.15) is 5.10 Å². The van der Waals surface area contributed by atoms with Crippen LogP contribution in [0.5, 0.6) is 17.2 Å². The Morgan fingerprint density at radius 3 is 2.14 bits per heavy atom. The fourth-order valence-electron chi connectivity index (χ4n) is 1.80. The first-order valence-electron chi connectivity index (χ1n) is 6.44. The highest BCUT2D eigenvalue weighted by Crippen LogP contribution is 2.36. The number of ether oxygens (including phenoxy) is 2. The highest BCUT2D eigenvalue weighted by molar-refractivity contribution is 5.82. The molecule has 2 rings (SSSR count). The van der Waals surface area contributed by atoms with E-state index in [-0.39, 0.29) is 5.75 Å². The third-order valence-electron chi connectivity index (χ3n) is 2.96. The topological polar surface area (TPSA) is 63.1 Å². The molecule has 0 bridgehead atoms. The summed E-state index contributed by atoms with van der Waals surface area (Å²) in [4.78, 5) is 0. The summed E-state index contributed by atoms with van der Waals surface area (Å²) in [6.07, 6.45) is 1.63. The lowest BCUT2D eigenvalue weighted by Crippen LogP contribution is -1.94. The highest BCUT2D eigenvalue weighted by Gasteiger charge is 2.10. The number of phenols is 1. The second-order valence-electron chi connectivity index (χ2n) is 4.51. The lowest BCUT2D eigenvalue weighted by Gasteiger charge is -2.09. The molecule has 0 aliphatic rings. The van der Waals surface area contributed by atoms with Crippen LogP contribution in [-0.2, 0) is 0 Å². The molecule has 0 aromatic heterocycles. The molecule has 0 aliphatic heterocycles. The summed E-state index contributed by atoms with van der Waals surface area (Å²) >= 11 is 0. The van der Waals surface area contributed by atoms with Crippen molar-refractivity contribution < 1.29 is 14.6 Å². The number of aryl methyl sites for hydroxylation is 1. The van der Waals surface area contributed by atoms with Crippen LogP contribution in [0.25, 0.3) is 0 Å². The average Bonchev–Trinajstić information content (AvgIpc) is 2.50. The fraction of sp³-hybridized carbons (Fsp3) is 0.188. The summed E-state index contributed by atoms with van der Waals surface area (Å²) in [6.45, 7) is 2.03. The molecule has 110 valence electrons. The summed E-state index contributed by atoms with van der Waals surface area (Å²) in [6, 6.07) is 11.3. The number of anilines is 1. The van der Waals surface area contributed by atoms with Crippen molar-refractivity contribution >= 4 is 11.9 Å². The van der Waals surface area contributed by atoms with Gasteiger partial charge in [-0.05, 0) is 31.2 Å². The molecule has 0 aliphatic carbocycles. The van der Waals surface area contributed by atoms with Crippen LogP contribution < -0.4 is 14.9 Å². The molecule has 0 amide bonds. The van der Waals surface area contributed by atoms with E-state index >= 15 is 0 Å². The molecule has 0 saturated heterocycles. The summed E-state index contributed by atoms with van der Waals surface area (Å²) in [7, 11) is 2.97. The predicted molar refractivity (Wildman–Crippen MR) is 83.6 cm³/mol. The van der Waals surface area contributed by atoms with Crippen LogP contribution in [0.15, 0.2) is 41.5 Å². The van der Waals surface area contributed by atoms with Crippen LogP contribution in [0.3, 0.4) is 0 Å². The number of methoxy groups -OCH3 is 2. The SMILES string of the molecule is COc1cc(C=NNc2ccc(C)cc2)cc(OC)c1O. The lowest BCUT2D eigenvalue weighted by molar-refractivity contribution is 0.340. The minimum atomic E-state index is -0.0244. The number of hydrazone groups is 1. The molecule has 0 fully saturated rings. The monoisotopic (exact) mass is 286 g/mol. The summed E-state index contributed by atoms with van der Waals surface area (Å²) < 4.78 is 10.2. The van der Waals surface area contributed by atoms with Crippen LogP contribution >= 0.6 is 0 Å². The van der Waals surface area contributed by atoms with Gasteiger partial charge in [0.2, 0.25) is 5.75 Å². The van der Waals surface area contributed by atoms with E-state index in [4.69, 9.17) is 9.47 Å². The molecule has 2 aromatic rings. The van der Waals surface area contributed by atoms with E-state index in [1.165, 1.54) is 19.8 Å². The first-order valence-corrected chi connectivity index (χ1v) is 6.44. The van der Waals surface area contributed by atoms with Crippen molar-refractivity contribution in [2.75, 3.05) is 19.6 Å². The maximum Gasteiger partial charge on any atom is 0.200 e. The number of hydrogen-bond acceptors (Lipinski definition) is 5. The quantitative estimate of drug-likeness (QED) is 0.654. The van der Waals surface area contributed by atoms with E-state index in [2.05, 4.69) is 10.5 Å². The van der Waals surface area contributed by atoms with E-state index in [0.29, 0.717) is 11.5 Å². The van der Waals surface area contributed by atoms with Gasteiger partial charge in [0.15, 0.2) is 11.5 Å². The number of aromatic hydroxyl groups is 1. The zero-order chi connectivity index (χ0) is 15.2. The van der Waals surface area contributed by atoms with Gasteiger partial charge in [0.25, 0.3) is 0 Å². The smallest absolute Gasteiger partial charge is 0.200 e. The van der Waals surface area contributed by atoms with Crippen molar-refractivity contribution in [2.45, 2.75) is 6.92 Å². The van der Waals surface area contributed by atoms with Crippen molar-refractivity contribution in [1.82, 2.24) is 0 Å². The molecule has 0 saturated carbocycles. The van der Waals surface area contributed by atoms with Gasteiger partial charge in [0.1, 0.15) is 0 Å². The van der Waals surface area contributed by atoms with E-state index in [0.717, 1.165) is 11.3 Å². The Labute approximate surface area is 123 Å². The van der Waals surface area contributed by atoms with Gasteiger partial charge in [-0.15, -0.1) is 0 Å². The number of phenolic OH excluding ortho intramolecular Hbond substituents is 1. The van der Waals surface area contributed by atoms with Crippen molar-refractivity contribution in [3.05, 3.63) is 47.5 Å². The Bertz CT molecular complexity index is 611. The van der Waals surface area contributed by atoms with Crippen LogP contribution in [-0.4, -0.2) is 25.5 Å². The van der Waals surface area contributed by atoms with E-state index in [9.17, 15) is 5.11 Å². The third kappa shape index (κ3) is 3.66. The zero-order valence-corrected chi connectivity index (χ0v) is 12.3. The van der Waals surface area contributed by atoms with Gasteiger partial charge >= 0.3 is 0 Å². The first-order chi connectivity index (χ1) is 10.1. The minimum absolute atomic E-state index is 0.0244. The lowest BCUT2D eigenvalue weighted by atomic mass is 10.2. The van der Waals surface area contributed by atoms with Gasteiger partial charge in [0, 0.05) is 5.56 Å². The van der Waals surface area contributed by atoms with Crippen LogP contribution in [0.4, 0.5) is 5.69 Å². The molecule has 0 radical (unpaired) electrons. The molecule has 2 N–H and O–H groups in total. The third-order valence-corrected chi connectivity index (χ3v) is 2.96. The van der Waals surface area contributed by atoms with Crippen molar-refractivity contribution in [2.24, 2.45) is 5.10 Å². The Balaban J connectivity index is 2.15. The normalized spacial score (nSPS) is 10.6. The zero-order valence-electron chi connectivity index (χ0n) is 12.3. The largest absolute Gasteiger partial charge is 0.502 e. The second-order valence-corrected chi connectivity index (χ2v) is 4.51. The fourth-order valence-corrected chi connectivity index (χ4v) is 1.80. The maximum absolute atomic E-state index is 9.83. The first kappa shape index (κ1) is 14.7. The van der Waals surface area contributed by atoms with Crippen LogP contribution in [0, 0.1) is 6.92 Å². The number of rotatable bonds is 5. The average molecular weight is 286 g/mol. The molecule has 0 atom stereocenters. The minimum Gasteiger partial charge on any atom is -0.502 e. The molecule has 5 heteroatoms. The molecular weight excluding hydrogens is 268 g/mol. The molecule has 2 aromatic carbocycles. The number of benzene rings is 2. The number of nitrogens with one attached hydrogen (secondary N) is 1. The van der Waals surface area contributed by atoms with Crippen molar-refractivity contribution in [3.8, 4) is 17.2 Å². The molecular formula is C16H18N2O3. The molecule has 21 heavy (non-hydrogen) atoms. The summed E-state index contributed by atoms with van der Waals surface area (Å²) in [5.41, 5.74) is 5.78. The van der Waals surface area contributed by atoms with Gasteiger partial charge in [0.05, 0.1) is 26.1 Å². The van der Waals surface area contributed by atoms with E-state index in [1.54, 1.807) is 18.3 Å². The number of hydrogen-bond donors (Lipinski definition) is 2. The molecule has 0 unspecified atom stereocenters. The van der Waals surface area contributed by atoms with E-state index < -0.39 is 0 Å².